The Labute approximate surface area is 115 Å². The van der Waals surface area contributed by atoms with Crippen molar-refractivity contribution in [3.05, 3.63) is 11.4 Å². The van der Waals surface area contributed by atoms with E-state index in [1.54, 1.807) is 0 Å². The molecule has 2 atom stereocenters. The molecule has 19 heavy (non-hydrogen) atoms. The largest absolute Gasteiger partial charge is 0.353 e. The van der Waals surface area contributed by atoms with Crippen molar-refractivity contribution < 1.29 is 0 Å². The van der Waals surface area contributed by atoms with Crippen LogP contribution in [0.3, 0.4) is 0 Å². The Morgan fingerprint density at radius 3 is 2.53 bits per heavy atom. The van der Waals surface area contributed by atoms with Crippen LogP contribution in [0.4, 0.5) is 5.95 Å². The van der Waals surface area contributed by atoms with E-state index in [4.69, 9.17) is 5.73 Å². The van der Waals surface area contributed by atoms with Crippen molar-refractivity contribution in [1.82, 2.24) is 15.2 Å². The van der Waals surface area contributed by atoms with Crippen LogP contribution in [0.15, 0.2) is 0 Å². The van der Waals surface area contributed by atoms with Gasteiger partial charge in [0.05, 0.1) is 11.4 Å². The number of hydrogen-bond acceptors (Lipinski definition) is 5. The molecule has 0 amide bonds. The lowest BCUT2D eigenvalue weighted by Gasteiger charge is -2.18. The highest BCUT2D eigenvalue weighted by Gasteiger charge is 2.25. The summed E-state index contributed by atoms with van der Waals surface area (Å²) < 4.78 is 0. The first-order valence-electron chi connectivity index (χ1n) is 7.44. The van der Waals surface area contributed by atoms with Crippen LogP contribution in [-0.2, 0) is 12.8 Å². The Kier molecular flexibility index (Phi) is 5.07. The Balaban J connectivity index is 1.96. The highest BCUT2D eigenvalue weighted by Crippen LogP contribution is 2.30. The summed E-state index contributed by atoms with van der Waals surface area (Å²) in [5, 5.41) is 11.8. The number of nitrogens with zero attached hydrogens (tertiary/aromatic N) is 3. The van der Waals surface area contributed by atoms with Gasteiger partial charge in [-0.15, -0.1) is 5.10 Å². The molecule has 1 aromatic heterocycles. The average molecular weight is 263 g/mol. The van der Waals surface area contributed by atoms with E-state index in [1.807, 2.05) is 0 Å². The lowest BCUT2D eigenvalue weighted by atomic mass is 9.96. The number of anilines is 1. The van der Waals surface area contributed by atoms with Crippen molar-refractivity contribution in [1.29, 1.82) is 0 Å². The van der Waals surface area contributed by atoms with Gasteiger partial charge in [-0.2, -0.15) is 5.10 Å². The number of nitrogens with two attached hydrogens (primary N) is 1. The third-order valence-corrected chi connectivity index (χ3v) is 4.15. The Bertz CT molecular complexity index is 407. The molecule has 0 bridgehead atoms. The molecule has 0 saturated heterocycles. The summed E-state index contributed by atoms with van der Waals surface area (Å²) in [7, 11) is 0. The molecule has 3 N–H and O–H groups in total. The van der Waals surface area contributed by atoms with Gasteiger partial charge < -0.3 is 11.1 Å². The number of rotatable bonds is 6. The predicted molar refractivity (Wildman–Crippen MR) is 77.0 cm³/mol. The Morgan fingerprint density at radius 2 is 1.84 bits per heavy atom. The lowest BCUT2D eigenvalue weighted by Crippen LogP contribution is -2.25. The SMILES string of the molecule is CCc1nnc(NCC2CCCC2CN)nc1CC. The van der Waals surface area contributed by atoms with Crippen LogP contribution < -0.4 is 11.1 Å². The molecule has 1 aromatic rings. The van der Waals surface area contributed by atoms with Gasteiger partial charge in [-0.05, 0) is 44.1 Å². The highest BCUT2D eigenvalue weighted by molar-refractivity contribution is 5.26. The normalized spacial score (nSPS) is 22.7. The van der Waals surface area contributed by atoms with Crippen LogP contribution in [0.1, 0.15) is 44.5 Å². The first kappa shape index (κ1) is 14.2. The maximum absolute atomic E-state index is 5.81. The molecule has 1 heterocycles. The first-order valence-corrected chi connectivity index (χ1v) is 7.44. The van der Waals surface area contributed by atoms with Crippen molar-refractivity contribution in [3.8, 4) is 0 Å². The Hall–Kier alpha value is -1.23. The summed E-state index contributed by atoms with van der Waals surface area (Å²) in [4.78, 5) is 4.56. The van der Waals surface area contributed by atoms with Gasteiger partial charge in [0.1, 0.15) is 0 Å². The van der Waals surface area contributed by atoms with E-state index in [0.29, 0.717) is 17.8 Å². The first-order chi connectivity index (χ1) is 9.28. The summed E-state index contributed by atoms with van der Waals surface area (Å²) in [6.07, 6.45) is 5.61. The van der Waals surface area contributed by atoms with E-state index >= 15 is 0 Å². The molecule has 0 spiro atoms. The van der Waals surface area contributed by atoms with Crippen LogP contribution in [0.2, 0.25) is 0 Å². The van der Waals surface area contributed by atoms with E-state index in [1.165, 1.54) is 19.3 Å². The summed E-state index contributed by atoms with van der Waals surface area (Å²) in [5.74, 6) is 1.97. The lowest BCUT2D eigenvalue weighted by molar-refractivity contribution is 0.413. The van der Waals surface area contributed by atoms with Crippen LogP contribution in [-0.4, -0.2) is 28.3 Å². The molecule has 1 fully saturated rings. The molecule has 0 aromatic carbocycles. The van der Waals surface area contributed by atoms with Crippen molar-refractivity contribution >= 4 is 5.95 Å². The minimum absolute atomic E-state index is 0.654. The third kappa shape index (κ3) is 3.41. The van der Waals surface area contributed by atoms with Gasteiger partial charge in [-0.1, -0.05) is 20.3 Å². The van der Waals surface area contributed by atoms with Gasteiger partial charge in [0.15, 0.2) is 0 Å². The molecule has 5 heteroatoms. The highest BCUT2D eigenvalue weighted by atomic mass is 15.2. The summed E-state index contributed by atoms with van der Waals surface area (Å²) in [5.41, 5.74) is 7.87. The summed E-state index contributed by atoms with van der Waals surface area (Å²) in [6, 6.07) is 0. The smallest absolute Gasteiger partial charge is 0.242 e. The summed E-state index contributed by atoms with van der Waals surface area (Å²) >= 11 is 0. The minimum Gasteiger partial charge on any atom is -0.353 e. The molecular weight excluding hydrogens is 238 g/mol. The molecule has 1 aliphatic carbocycles. The van der Waals surface area contributed by atoms with Gasteiger partial charge in [-0.25, -0.2) is 4.98 Å². The zero-order valence-corrected chi connectivity index (χ0v) is 12.0. The molecule has 0 aliphatic heterocycles. The molecule has 1 aliphatic rings. The molecule has 0 radical (unpaired) electrons. The van der Waals surface area contributed by atoms with E-state index in [-0.39, 0.29) is 0 Å². The topological polar surface area (TPSA) is 76.7 Å². The molecular formula is C14H25N5. The summed E-state index contributed by atoms with van der Waals surface area (Å²) in [6.45, 7) is 5.90. The quantitative estimate of drug-likeness (QED) is 0.818. The fourth-order valence-electron chi connectivity index (χ4n) is 2.93. The Morgan fingerprint density at radius 1 is 1.11 bits per heavy atom. The van der Waals surface area contributed by atoms with E-state index in [2.05, 4.69) is 34.3 Å². The van der Waals surface area contributed by atoms with Crippen LogP contribution in [0, 0.1) is 11.8 Å². The minimum atomic E-state index is 0.654. The standard InChI is InChI=1S/C14H25N5/c1-3-12-13(4-2)18-19-14(17-12)16-9-11-7-5-6-10(11)8-15/h10-11H,3-9,15H2,1-2H3,(H,16,17,19). The second-order valence-corrected chi connectivity index (χ2v) is 5.30. The second kappa shape index (κ2) is 6.80. The predicted octanol–water partition coefficient (Wildman–Crippen LogP) is 1.78. The second-order valence-electron chi connectivity index (χ2n) is 5.30. The molecule has 1 saturated carbocycles. The van der Waals surface area contributed by atoms with Crippen LogP contribution in [0.25, 0.3) is 0 Å². The zero-order chi connectivity index (χ0) is 13.7. The van der Waals surface area contributed by atoms with Crippen molar-refractivity contribution in [2.45, 2.75) is 46.0 Å². The van der Waals surface area contributed by atoms with E-state index < -0.39 is 0 Å². The fourth-order valence-corrected chi connectivity index (χ4v) is 2.93. The van der Waals surface area contributed by atoms with Gasteiger partial charge in [0, 0.05) is 6.54 Å². The maximum atomic E-state index is 5.81. The van der Waals surface area contributed by atoms with Crippen molar-refractivity contribution in [2.24, 2.45) is 17.6 Å². The monoisotopic (exact) mass is 263 g/mol. The van der Waals surface area contributed by atoms with Crippen LogP contribution >= 0.6 is 0 Å². The van der Waals surface area contributed by atoms with Crippen molar-refractivity contribution in [2.75, 3.05) is 18.4 Å². The van der Waals surface area contributed by atoms with E-state index in [9.17, 15) is 0 Å². The van der Waals surface area contributed by atoms with Crippen LogP contribution in [0.5, 0.6) is 0 Å². The zero-order valence-electron chi connectivity index (χ0n) is 12.0. The van der Waals surface area contributed by atoms with Gasteiger partial charge in [-0.3, -0.25) is 0 Å². The maximum Gasteiger partial charge on any atom is 0.242 e. The number of aromatic nitrogens is 3. The van der Waals surface area contributed by atoms with Gasteiger partial charge in [0.2, 0.25) is 5.95 Å². The fraction of sp³-hybridized carbons (Fsp3) is 0.786. The molecule has 5 nitrogen and oxygen atoms in total. The molecule has 106 valence electrons. The third-order valence-electron chi connectivity index (χ3n) is 4.15. The average Bonchev–Trinajstić information content (AvgIpc) is 2.92. The molecule has 2 rings (SSSR count). The number of nitrogens with one attached hydrogen (secondary N) is 1. The number of aryl methyl sites for hydroxylation is 2. The van der Waals surface area contributed by atoms with Gasteiger partial charge in [0.25, 0.3) is 0 Å². The van der Waals surface area contributed by atoms with E-state index in [0.717, 1.165) is 37.3 Å². The van der Waals surface area contributed by atoms with Gasteiger partial charge >= 0.3 is 0 Å². The number of hydrogen-bond donors (Lipinski definition) is 2. The van der Waals surface area contributed by atoms with Crippen molar-refractivity contribution in [3.63, 3.8) is 0 Å². The molecule has 2 unspecified atom stereocenters.